The first-order chi connectivity index (χ1) is 13.2. The molecule has 5 heteroatoms. The maximum Gasteiger partial charge on any atom is 0.291 e. The van der Waals surface area contributed by atoms with Gasteiger partial charge in [0.1, 0.15) is 11.3 Å². The Morgan fingerprint density at radius 1 is 0.926 bits per heavy atom. The monoisotopic (exact) mass is 368 g/mol. The smallest absolute Gasteiger partial charge is 0.291 e. The highest BCUT2D eigenvalue weighted by molar-refractivity contribution is 6.11. The molecule has 0 unspecified atom stereocenters. The number of para-hydroxylation sites is 1. The number of carbonyl (C=O) groups excluding carboxylic acids is 2. The standard InChI is InChI=1S/C22H28N2O3/c25-21(16-10-4-3-5-11-16)23-19-17-12-6-7-13-18(17)27-20(19)22(26)24-14-8-1-2-9-15-24/h6-7,12-13,16H,1-5,8-11,14-15H2,(H,23,25). The van der Waals surface area contributed by atoms with Crippen molar-refractivity contribution < 1.29 is 14.0 Å². The number of nitrogens with zero attached hydrogens (tertiary/aromatic N) is 1. The van der Waals surface area contributed by atoms with Gasteiger partial charge in [-0.05, 0) is 37.8 Å². The fourth-order valence-corrected chi connectivity index (χ4v) is 4.33. The van der Waals surface area contributed by atoms with Crippen LogP contribution in [0.1, 0.15) is 68.3 Å². The average molecular weight is 368 g/mol. The molecule has 1 aromatic heterocycles. The van der Waals surface area contributed by atoms with Gasteiger partial charge in [-0.25, -0.2) is 0 Å². The summed E-state index contributed by atoms with van der Waals surface area (Å²) in [4.78, 5) is 27.9. The largest absolute Gasteiger partial charge is 0.449 e. The zero-order valence-corrected chi connectivity index (χ0v) is 15.8. The molecule has 1 aliphatic carbocycles. The molecule has 0 bridgehead atoms. The van der Waals surface area contributed by atoms with Crippen LogP contribution in [0.15, 0.2) is 28.7 Å². The van der Waals surface area contributed by atoms with Crippen LogP contribution < -0.4 is 5.32 Å². The molecule has 0 spiro atoms. The van der Waals surface area contributed by atoms with E-state index in [1.165, 1.54) is 6.42 Å². The quantitative estimate of drug-likeness (QED) is 0.832. The van der Waals surface area contributed by atoms with Crippen molar-refractivity contribution in [2.75, 3.05) is 18.4 Å². The molecular formula is C22H28N2O3. The number of likely N-dealkylation sites (tertiary alicyclic amines) is 1. The van der Waals surface area contributed by atoms with Gasteiger partial charge in [0.2, 0.25) is 11.7 Å². The van der Waals surface area contributed by atoms with Crippen molar-refractivity contribution in [3.63, 3.8) is 0 Å². The Morgan fingerprint density at radius 2 is 1.59 bits per heavy atom. The van der Waals surface area contributed by atoms with E-state index in [0.29, 0.717) is 11.3 Å². The molecule has 0 radical (unpaired) electrons. The molecule has 144 valence electrons. The molecule has 2 aromatic rings. The molecule has 1 saturated heterocycles. The summed E-state index contributed by atoms with van der Waals surface area (Å²) in [6.07, 6.45) is 9.63. The lowest BCUT2D eigenvalue weighted by Crippen LogP contribution is -2.32. The molecule has 2 heterocycles. The van der Waals surface area contributed by atoms with E-state index in [-0.39, 0.29) is 23.5 Å². The van der Waals surface area contributed by atoms with E-state index in [4.69, 9.17) is 4.42 Å². The van der Waals surface area contributed by atoms with Crippen molar-refractivity contribution in [3.8, 4) is 0 Å². The number of rotatable bonds is 3. The molecule has 1 saturated carbocycles. The Balaban J connectivity index is 1.64. The number of fused-ring (bicyclic) bond motifs is 1. The Bertz CT molecular complexity index is 812. The lowest BCUT2D eigenvalue weighted by atomic mass is 9.88. The summed E-state index contributed by atoms with van der Waals surface area (Å²) in [5.41, 5.74) is 1.20. The second-order valence-corrected chi connectivity index (χ2v) is 7.83. The highest BCUT2D eigenvalue weighted by atomic mass is 16.3. The molecule has 5 nitrogen and oxygen atoms in total. The lowest BCUT2D eigenvalue weighted by Gasteiger charge is -2.22. The fraction of sp³-hybridized carbons (Fsp3) is 0.545. The summed E-state index contributed by atoms with van der Waals surface area (Å²) in [5, 5.41) is 3.86. The second-order valence-electron chi connectivity index (χ2n) is 7.83. The number of furan rings is 1. The van der Waals surface area contributed by atoms with Gasteiger partial charge in [0, 0.05) is 24.4 Å². The molecule has 2 amide bonds. The van der Waals surface area contributed by atoms with E-state index in [9.17, 15) is 9.59 Å². The first kappa shape index (κ1) is 18.1. The molecule has 1 aromatic carbocycles. The van der Waals surface area contributed by atoms with Gasteiger partial charge in [0.15, 0.2) is 0 Å². The van der Waals surface area contributed by atoms with Crippen molar-refractivity contribution in [1.82, 2.24) is 4.90 Å². The summed E-state index contributed by atoms with van der Waals surface area (Å²) in [6.45, 7) is 1.51. The summed E-state index contributed by atoms with van der Waals surface area (Å²) in [5.74, 6) is 0.231. The van der Waals surface area contributed by atoms with Crippen molar-refractivity contribution in [2.45, 2.75) is 57.8 Å². The Labute approximate surface area is 160 Å². The van der Waals surface area contributed by atoms with Gasteiger partial charge in [-0.1, -0.05) is 44.2 Å². The highest BCUT2D eigenvalue weighted by Crippen LogP contribution is 2.34. The third kappa shape index (κ3) is 3.87. The van der Waals surface area contributed by atoms with E-state index in [1.54, 1.807) is 0 Å². The molecule has 4 rings (SSSR count). The summed E-state index contributed by atoms with van der Waals surface area (Å²) < 4.78 is 5.94. The number of hydrogen-bond acceptors (Lipinski definition) is 3. The van der Waals surface area contributed by atoms with E-state index < -0.39 is 0 Å². The third-order valence-electron chi connectivity index (χ3n) is 5.91. The maximum absolute atomic E-state index is 13.2. The van der Waals surface area contributed by atoms with Gasteiger partial charge in [-0.15, -0.1) is 0 Å². The predicted octanol–water partition coefficient (Wildman–Crippen LogP) is 4.97. The molecule has 1 N–H and O–H groups in total. The summed E-state index contributed by atoms with van der Waals surface area (Å²) in [7, 11) is 0. The van der Waals surface area contributed by atoms with Crippen LogP contribution in [0.3, 0.4) is 0 Å². The van der Waals surface area contributed by atoms with Gasteiger partial charge in [0.25, 0.3) is 5.91 Å². The van der Waals surface area contributed by atoms with Gasteiger partial charge < -0.3 is 14.6 Å². The van der Waals surface area contributed by atoms with E-state index in [2.05, 4.69) is 5.32 Å². The zero-order valence-electron chi connectivity index (χ0n) is 15.8. The van der Waals surface area contributed by atoms with Crippen LogP contribution in [0.5, 0.6) is 0 Å². The first-order valence-corrected chi connectivity index (χ1v) is 10.4. The highest BCUT2D eigenvalue weighted by Gasteiger charge is 2.29. The van der Waals surface area contributed by atoms with Crippen molar-refractivity contribution in [2.24, 2.45) is 5.92 Å². The number of nitrogens with one attached hydrogen (secondary N) is 1. The van der Waals surface area contributed by atoms with Gasteiger partial charge in [-0.2, -0.15) is 0 Å². The van der Waals surface area contributed by atoms with Crippen LogP contribution in [0.2, 0.25) is 0 Å². The van der Waals surface area contributed by atoms with E-state index in [0.717, 1.165) is 69.8 Å². The number of anilines is 1. The van der Waals surface area contributed by atoms with Gasteiger partial charge in [0.05, 0.1) is 0 Å². The van der Waals surface area contributed by atoms with Crippen LogP contribution in [0.4, 0.5) is 5.69 Å². The molecule has 2 fully saturated rings. The first-order valence-electron chi connectivity index (χ1n) is 10.4. The van der Waals surface area contributed by atoms with Crippen LogP contribution in [0, 0.1) is 5.92 Å². The van der Waals surface area contributed by atoms with Crippen LogP contribution in [0.25, 0.3) is 11.0 Å². The van der Waals surface area contributed by atoms with Crippen LogP contribution in [-0.4, -0.2) is 29.8 Å². The van der Waals surface area contributed by atoms with Crippen LogP contribution >= 0.6 is 0 Å². The maximum atomic E-state index is 13.2. The molecular weight excluding hydrogens is 340 g/mol. The van der Waals surface area contributed by atoms with Crippen molar-refractivity contribution >= 4 is 28.5 Å². The Hall–Kier alpha value is -2.30. The van der Waals surface area contributed by atoms with Crippen molar-refractivity contribution in [3.05, 3.63) is 30.0 Å². The summed E-state index contributed by atoms with van der Waals surface area (Å²) in [6, 6.07) is 7.56. The minimum atomic E-state index is -0.105. The SMILES string of the molecule is O=C(Nc1c(C(=O)N2CCCCCC2)oc2ccccc12)C1CCCCC1. The minimum absolute atomic E-state index is 0.0196. The number of carbonyl (C=O) groups is 2. The fourth-order valence-electron chi connectivity index (χ4n) is 4.33. The average Bonchev–Trinajstić information content (AvgIpc) is 2.88. The van der Waals surface area contributed by atoms with Gasteiger partial charge in [-0.3, -0.25) is 9.59 Å². The molecule has 1 aliphatic heterocycles. The second kappa shape index (κ2) is 8.15. The van der Waals surface area contributed by atoms with Crippen LogP contribution in [-0.2, 0) is 4.79 Å². The normalized spacial score (nSPS) is 19.0. The number of amides is 2. The number of hydrogen-bond donors (Lipinski definition) is 1. The van der Waals surface area contributed by atoms with Gasteiger partial charge >= 0.3 is 0 Å². The summed E-state index contributed by atoms with van der Waals surface area (Å²) >= 11 is 0. The Morgan fingerprint density at radius 3 is 2.33 bits per heavy atom. The zero-order chi connectivity index (χ0) is 18.6. The van der Waals surface area contributed by atoms with Crippen molar-refractivity contribution in [1.29, 1.82) is 0 Å². The Kier molecular flexibility index (Phi) is 5.46. The molecule has 2 aliphatic rings. The third-order valence-corrected chi connectivity index (χ3v) is 5.91. The van der Waals surface area contributed by atoms with E-state index in [1.807, 2.05) is 29.2 Å². The lowest BCUT2D eigenvalue weighted by molar-refractivity contribution is -0.120. The topological polar surface area (TPSA) is 62.6 Å². The molecule has 0 atom stereocenters. The number of benzene rings is 1. The predicted molar refractivity (Wildman–Crippen MR) is 106 cm³/mol. The minimum Gasteiger partial charge on any atom is -0.449 e. The molecule has 27 heavy (non-hydrogen) atoms. The van der Waals surface area contributed by atoms with E-state index >= 15 is 0 Å².